The summed E-state index contributed by atoms with van der Waals surface area (Å²) < 4.78 is 0. The minimum Gasteiger partial charge on any atom is -0.315 e. The molecule has 0 aromatic heterocycles. The number of terminal acetylenes is 1. The SMILES string of the molecule is C#CCC1(CC)CNC1. The van der Waals surface area contributed by atoms with Crippen molar-refractivity contribution in [1.82, 2.24) is 5.32 Å². The molecule has 0 amide bonds. The van der Waals surface area contributed by atoms with Crippen LogP contribution in [0.25, 0.3) is 0 Å². The summed E-state index contributed by atoms with van der Waals surface area (Å²) in [4.78, 5) is 0. The van der Waals surface area contributed by atoms with Gasteiger partial charge in [-0.1, -0.05) is 6.92 Å². The fourth-order valence-corrected chi connectivity index (χ4v) is 1.20. The molecular formula is C8H13N. The van der Waals surface area contributed by atoms with E-state index in [-0.39, 0.29) is 0 Å². The third-order valence-corrected chi connectivity index (χ3v) is 2.23. The van der Waals surface area contributed by atoms with Gasteiger partial charge in [-0.2, -0.15) is 0 Å². The molecular weight excluding hydrogens is 110 g/mol. The average molecular weight is 123 g/mol. The zero-order valence-electron chi connectivity index (χ0n) is 5.91. The van der Waals surface area contributed by atoms with Crippen LogP contribution in [-0.2, 0) is 0 Å². The second-order valence-electron chi connectivity index (χ2n) is 2.84. The van der Waals surface area contributed by atoms with E-state index in [0.29, 0.717) is 5.41 Å². The van der Waals surface area contributed by atoms with Crippen LogP contribution in [0.1, 0.15) is 19.8 Å². The van der Waals surface area contributed by atoms with Gasteiger partial charge < -0.3 is 5.32 Å². The van der Waals surface area contributed by atoms with Crippen LogP contribution in [-0.4, -0.2) is 13.1 Å². The van der Waals surface area contributed by atoms with E-state index in [1.807, 2.05) is 0 Å². The molecule has 0 spiro atoms. The lowest BCUT2D eigenvalue weighted by Gasteiger charge is -2.40. The van der Waals surface area contributed by atoms with Gasteiger partial charge in [0, 0.05) is 24.9 Å². The molecule has 1 heteroatoms. The molecule has 1 aliphatic heterocycles. The Morgan fingerprint density at radius 2 is 2.33 bits per heavy atom. The highest BCUT2D eigenvalue weighted by molar-refractivity contribution is 5.00. The molecule has 0 aromatic carbocycles. The third-order valence-electron chi connectivity index (χ3n) is 2.23. The van der Waals surface area contributed by atoms with Gasteiger partial charge in [-0.25, -0.2) is 0 Å². The summed E-state index contributed by atoms with van der Waals surface area (Å²) in [6, 6.07) is 0. The predicted octanol–water partition coefficient (Wildman–Crippen LogP) is 1.01. The number of rotatable bonds is 2. The maximum absolute atomic E-state index is 5.22. The molecule has 1 saturated heterocycles. The minimum absolute atomic E-state index is 0.467. The molecule has 1 heterocycles. The Morgan fingerprint density at radius 1 is 1.67 bits per heavy atom. The van der Waals surface area contributed by atoms with Gasteiger partial charge in [0.25, 0.3) is 0 Å². The van der Waals surface area contributed by atoms with Crippen molar-refractivity contribution in [3.8, 4) is 12.3 Å². The molecule has 9 heavy (non-hydrogen) atoms. The van der Waals surface area contributed by atoms with Crippen LogP contribution in [0.2, 0.25) is 0 Å². The number of hydrogen-bond donors (Lipinski definition) is 1. The topological polar surface area (TPSA) is 12.0 Å². The van der Waals surface area contributed by atoms with E-state index in [4.69, 9.17) is 6.42 Å². The molecule has 50 valence electrons. The first-order valence-corrected chi connectivity index (χ1v) is 3.47. The Labute approximate surface area is 56.8 Å². The highest BCUT2D eigenvalue weighted by Crippen LogP contribution is 2.29. The lowest BCUT2D eigenvalue weighted by molar-refractivity contribution is 0.168. The monoisotopic (exact) mass is 123 g/mol. The summed E-state index contributed by atoms with van der Waals surface area (Å²) in [6.07, 6.45) is 7.38. The highest BCUT2D eigenvalue weighted by Gasteiger charge is 2.33. The van der Waals surface area contributed by atoms with Crippen molar-refractivity contribution in [2.24, 2.45) is 5.41 Å². The molecule has 1 N–H and O–H groups in total. The van der Waals surface area contributed by atoms with Crippen molar-refractivity contribution in [1.29, 1.82) is 0 Å². The molecule has 1 nitrogen and oxygen atoms in total. The molecule has 0 unspecified atom stereocenters. The van der Waals surface area contributed by atoms with E-state index in [0.717, 1.165) is 19.5 Å². The van der Waals surface area contributed by atoms with Crippen LogP contribution >= 0.6 is 0 Å². The lowest BCUT2D eigenvalue weighted by atomic mass is 9.77. The Bertz CT molecular complexity index is 122. The normalized spacial score (nSPS) is 22.2. The first kappa shape index (κ1) is 6.64. The smallest absolute Gasteiger partial charge is 0.0167 e. The fraction of sp³-hybridized carbons (Fsp3) is 0.750. The summed E-state index contributed by atoms with van der Waals surface area (Å²) >= 11 is 0. The van der Waals surface area contributed by atoms with Crippen molar-refractivity contribution < 1.29 is 0 Å². The molecule has 1 rings (SSSR count). The molecule has 0 radical (unpaired) electrons. The van der Waals surface area contributed by atoms with Crippen molar-refractivity contribution in [3.05, 3.63) is 0 Å². The molecule has 1 aliphatic rings. The van der Waals surface area contributed by atoms with Crippen LogP contribution in [0.15, 0.2) is 0 Å². The maximum Gasteiger partial charge on any atom is 0.0167 e. The van der Waals surface area contributed by atoms with E-state index >= 15 is 0 Å². The molecule has 0 aliphatic carbocycles. The van der Waals surface area contributed by atoms with Crippen molar-refractivity contribution in [2.45, 2.75) is 19.8 Å². The first-order valence-electron chi connectivity index (χ1n) is 3.47. The van der Waals surface area contributed by atoms with Gasteiger partial charge in [0.05, 0.1) is 0 Å². The van der Waals surface area contributed by atoms with Gasteiger partial charge in [-0.15, -0.1) is 12.3 Å². The molecule has 0 bridgehead atoms. The van der Waals surface area contributed by atoms with Crippen LogP contribution in [0.3, 0.4) is 0 Å². The van der Waals surface area contributed by atoms with Gasteiger partial charge in [-0.05, 0) is 6.42 Å². The average Bonchev–Trinajstić information content (AvgIpc) is 1.79. The lowest BCUT2D eigenvalue weighted by Crippen LogP contribution is -2.52. The largest absolute Gasteiger partial charge is 0.315 e. The van der Waals surface area contributed by atoms with Crippen LogP contribution in [0, 0.1) is 17.8 Å². The van der Waals surface area contributed by atoms with Gasteiger partial charge in [-0.3, -0.25) is 0 Å². The Morgan fingerprint density at radius 3 is 2.44 bits per heavy atom. The van der Waals surface area contributed by atoms with E-state index in [2.05, 4.69) is 18.2 Å². The van der Waals surface area contributed by atoms with E-state index in [1.165, 1.54) is 6.42 Å². The quantitative estimate of drug-likeness (QED) is 0.540. The van der Waals surface area contributed by atoms with Gasteiger partial charge in [0.15, 0.2) is 0 Å². The molecule has 0 atom stereocenters. The van der Waals surface area contributed by atoms with Crippen molar-refractivity contribution >= 4 is 0 Å². The van der Waals surface area contributed by atoms with Crippen molar-refractivity contribution in [2.75, 3.05) is 13.1 Å². The molecule has 0 saturated carbocycles. The zero-order chi connectivity index (χ0) is 6.74. The number of nitrogens with one attached hydrogen (secondary N) is 1. The second-order valence-corrected chi connectivity index (χ2v) is 2.84. The predicted molar refractivity (Wildman–Crippen MR) is 39.0 cm³/mol. The van der Waals surface area contributed by atoms with Gasteiger partial charge >= 0.3 is 0 Å². The van der Waals surface area contributed by atoms with E-state index < -0.39 is 0 Å². The Balaban J connectivity index is 2.39. The minimum atomic E-state index is 0.467. The Hall–Kier alpha value is -0.480. The van der Waals surface area contributed by atoms with Gasteiger partial charge in [0.2, 0.25) is 0 Å². The summed E-state index contributed by atoms with van der Waals surface area (Å²) in [5.41, 5.74) is 0.467. The molecule has 0 aromatic rings. The molecule has 1 fully saturated rings. The highest BCUT2D eigenvalue weighted by atomic mass is 15.0. The standard InChI is InChI=1S/C8H13N/c1-3-5-8(4-2)6-9-7-8/h1,9H,4-7H2,2H3. The third kappa shape index (κ3) is 1.09. The van der Waals surface area contributed by atoms with Crippen LogP contribution < -0.4 is 5.32 Å². The second kappa shape index (κ2) is 2.41. The summed E-state index contributed by atoms with van der Waals surface area (Å²) in [6.45, 7) is 4.44. The zero-order valence-corrected chi connectivity index (χ0v) is 5.91. The van der Waals surface area contributed by atoms with Crippen LogP contribution in [0.4, 0.5) is 0 Å². The van der Waals surface area contributed by atoms with E-state index in [9.17, 15) is 0 Å². The summed E-state index contributed by atoms with van der Waals surface area (Å²) in [5, 5.41) is 3.24. The summed E-state index contributed by atoms with van der Waals surface area (Å²) in [7, 11) is 0. The van der Waals surface area contributed by atoms with Gasteiger partial charge in [0.1, 0.15) is 0 Å². The number of hydrogen-bond acceptors (Lipinski definition) is 1. The maximum atomic E-state index is 5.22. The Kier molecular flexibility index (Phi) is 1.78. The summed E-state index contributed by atoms with van der Waals surface area (Å²) in [5.74, 6) is 2.72. The fourth-order valence-electron chi connectivity index (χ4n) is 1.20. The van der Waals surface area contributed by atoms with E-state index in [1.54, 1.807) is 0 Å². The van der Waals surface area contributed by atoms with Crippen molar-refractivity contribution in [3.63, 3.8) is 0 Å². The first-order chi connectivity index (χ1) is 4.33. The van der Waals surface area contributed by atoms with Crippen LogP contribution in [0.5, 0.6) is 0 Å².